The first-order valence-electron chi connectivity index (χ1n) is 12.3. The number of aromatic nitrogens is 2. The predicted molar refractivity (Wildman–Crippen MR) is 142 cm³/mol. The fourth-order valence-electron chi connectivity index (χ4n) is 5.37. The number of fused-ring (bicyclic) bond motifs is 3. The van der Waals surface area contributed by atoms with Crippen molar-refractivity contribution in [1.82, 2.24) is 19.6 Å². The average molecular weight is 489 g/mol. The molecular formula is C28H32N4O2S. The summed E-state index contributed by atoms with van der Waals surface area (Å²) in [4.78, 5) is 33.0. The molecule has 1 aliphatic rings. The van der Waals surface area contributed by atoms with Crippen LogP contribution in [0.25, 0.3) is 26.4 Å². The highest BCUT2D eigenvalue weighted by Gasteiger charge is 2.34. The summed E-state index contributed by atoms with van der Waals surface area (Å²) in [6.07, 6.45) is 9.73. The van der Waals surface area contributed by atoms with E-state index in [-0.39, 0.29) is 17.2 Å². The zero-order valence-electron chi connectivity index (χ0n) is 20.6. The van der Waals surface area contributed by atoms with Gasteiger partial charge in [0.25, 0.3) is 5.91 Å². The van der Waals surface area contributed by atoms with Crippen molar-refractivity contribution in [2.24, 2.45) is 0 Å². The lowest BCUT2D eigenvalue weighted by Crippen LogP contribution is -2.46. The highest BCUT2D eigenvalue weighted by Crippen LogP contribution is 2.37. The van der Waals surface area contributed by atoms with Crippen LogP contribution < -0.4 is 5.32 Å². The molecule has 1 aliphatic carbocycles. The van der Waals surface area contributed by atoms with E-state index in [1.54, 1.807) is 18.4 Å². The van der Waals surface area contributed by atoms with E-state index < -0.39 is 0 Å². The van der Waals surface area contributed by atoms with Crippen molar-refractivity contribution in [3.05, 3.63) is 59.8 Å². The second kappa shape index (κ2) is 9.55. The number of nitrogens with zero attached hydrogens (tertiary/aromatic N) is 3. The van der Waals surface area contributed by atoms with Crippen molar-refractivity contribution in [2.75, 3.05) is 21.1 Å². The second-order valence-corrected chi connectivity index (χ2v) is 10.8. The Morgan fingerprint density at radius 1 is 1.06 bits per heavy atom. The molecule has 6 nitrogen and oxygen atoms in total. The lowest BCUT2D eigenvalue weighted by molar-refractivity contribution is 0.0772. The second-order valence-electron chi connectivity index (χ2n) is 9.82. The van der Waals surface area contributed by atoms with Crippen molar-refractivity contribution in [3.63, 3.8) is 0 Å². The first-order chi connectivity index (χ1) is 16.9. The lowest BCUT2D eigenvalue weighted by Gasteiger charge is -2.43. The molecule has 5 rings (SSSR count). The van der Waals surface area contributed by atoms with Gasteiger partial charge in [-0.1, -0.05) is 42.7 Å². The molecule has 0 atom stereocenters. The first-order valence-corrected chi connectivity index (χ1v) is 13.2. The van der Waals surface area contributed by atoms with Crippen LogP contribution in [0.2, 0.25) is 0 Å². The van der Waals surface area contributed by atoms with Crippen LogP contribution in [-0.4, -0.2) is 52.7 Å². The van der Waals surface area contributed by atoms with Crippen LogP contribution in [0.15, 0.2) is 48.7 Å². The van der Waals surface area contributed by atoms with Crippen LogP contribution in [0.4, 0.5) is 0 Å². The maximum Gasteiger partial charge on any atom is 0.251 e. The molecule has 1 N–H and O–H groups in total. The molecule has 1 fully saturated rings. The van der Waals surface area contributed by atoms with Gasteiger partial charge in [-0.15, -0.1) is 0 Å². The summed E-state index contributed by atoms with van der Waals surface area (Å²) < 4.78 is 3.15. The Kier molecular flexibility index (Phi) is 6.47. The van der Waals surface area contributed by atoms with E-state index in [9.17, 15) is 9.59 Å². The standard InChI is InChI=1S/C28H32N4O2S/c1-29-26(34)20-9-7-19(8-10-20)22-18-32-23-12-11-21(17-25(23)35-27(32)30-22)24(33)13-16-28(31(2)3)14-5-4-6-15-28/h7-12,17-18H,4-6,13-16H2,1-3H3,(H,29,34). The van der Waals surface area contributed by atoms with Gasteiger partial charge in [-0.05, 0) is 63.7 Å². The van der Waals surface area contributed by atoms with Gasteiger partial charge in [0.1, 0.15) is 0 Å². The Morgan fingerprint density at radius 2 is 1.77 bits per heavy atom. The highest BCUT2D eigenvalue weighted by molar-refractivity contribution is 7.23. The summed E-state index contributed by atoms with van der Waals surface area (Å²) >= 11 is 1.60. The average Bonchev–Trinajstić information content (AvgIpc) is 3.45. The molecule has 2 aromatic carbocycles. The molecule has 35 heavy (non-hydrogen) atoms. The SMILES string of the molecule is CNC(=O)c1ccc(-c2cn3c(n2)sc2cc(C(=O)CCC4(N(C)C)CCCCC4)ccc23)cc1. The molecular weight excluding hydrogens is 456 g/mol. The minimum Gasteiger partial charge on any atom is -0.355 e. The van der Waals surface area contributed by atoms with E-state index in [0.29, 0.717) is 12.0 Å². The molecule has 0 bridgehead atoms. The number of benzene rings is 2. The molecule has 0 radical (unpaired) electrons. The number of rotatable bonds is 7. The number of Topliss-reactive ketones (excluding diaryl/α,β-unsaturated/α-hetero) is 1. The number of amides is 1. The normalized spacial score (nSPS) is 15.7. The largest absolute Gasteiger partial charge is 0.355 e. The molecule has 7 heteroatoms. The van der Waals surface area contributed by atoms with E-state index in [1.807, 2.05) is 48.7 Å². The topological polar surface area (TPSA) is 66.7 Å². The third-order valence-corrected chi connectivity index (χ3v) is 8.65. The van der Waals surface area contributed by atoms with Gasteiger partial charge >= 0.3 is 0 Å². The van der Waals surface area contributed by atoms with Gasteiger partial charge in [0.15, 0.2) is 10.7 Å². The quantitative estimate of drug-likeness (QED) is 0.334. The Morgan fingerprint density at radius 3 is 2.46 bits per heavy atom. The minimum atomic E-state index is -0.102. The van der Waals surface area contributed by atoms with Crippen molar-refractivity contribution >= 4 is 38.2 Å². The predicted octanol–water partition coefficient (Wildman–Crippen LogP) is 5.80. The Hall–Kier alpha value is -3.03. The fourth-order valence-corrected chi connectivity index (χ4v) is 6.42. The van der Waals surface area contributed by atoms with Crippen LogP contribution in [-0.2, 0) is 0 Å². The van der Waals surface area contributed by atoms with Gasteiger partial charge in [0, 0.05) is 41.9 Å². The van der Waals surface area contributed by atoms with Crippen LogP contribution >= 0.6 is 11.3 Å². The smallest absolute Gasteiger partial charge is 0.251 e. The molecule has 1 amide bonds. The van der Waals surface area contributed by atoms with Crippen LogP contribution in [0.3, 0.4) is 0 Å². The third-order valence-electron chi connectivity index (χ3n) is 7.64. The van der Waals surface area contributed by atoms with Gasteiger partial charge in [0.05, 0.1) is 15.9 Å². The zero-order valence-corrected chi connectivity index (χ0v) is 21.5. The van der Waals surface area contributed by atoms with Gasteiger partial charge in [-0.2, -0.15) is 0 Å². The van der Waals surface area contributed by atoms with Crippen molar-refractivity contribution < 1.29 is 9.59 Å². The molecule has 0 aliphatic heterocycles. The number of nitrogens with one attached hydrogen (secondary N) is 1. The van der Waals surface area contributed by atoms with E-state index in [4.69, 9.17) is 4.98 Å². The number of hydrogen-bond acceptors (Lipinski definition) is 5. The summed E-state index contributed by atoms with van der Waals surface area (Å²) in [5.41, 5.74) is 4.46. The van der Waals surface area contributed by atoms with E-state index in [0.717, 1.165) is 38.4 Å². The summed E-state index contributed by atoms with van der Waals surface area (Å²) in [5, 5.41) is 2.64. The summed E-state index contributed by atoms with van der Waals surface area (Å²) in [6.45, 7) is 0. The van der Waals surface area contributed by atoms with Crippen molar-refractivity contribution in [3.8, 4) is 11.3 Å². The van der Waals surface area contributed by atoms with E-state index >= 15 is 0 Å². The molecule has 4 aromatic rings. The molecule has 0 unspecified atom stereocenters. The Balaban J connectivity index is 1.35. The van der Waals surface area contributed by atoms with Crippen LogP contribution in [0.5, 0.6) is 0 Å². The van der Waals surface area contributed by atoms with Crippen LogP contribution in [0.1, 0.15) is 65.7 Å². The highest BCUT2D eigenvalue weighted by atomic mass is 32.1. The maximum atomic E-state index is 13.1. The monoisotopic (exact) mass is 488 g/mol. The molecule has 2 heterocycles. The van der Waals surface area contributed by atoms with E-state index in [1.165, 1.54) is 32.1 Å². The maximum absolute atomic E-state index is 13.1. The number of carbonyl (C=O) groups is 2. The Labute approximate surface area is 210 Å². The van der Waals surface area contributed by atoms with Gasteiger partial charge in [-0.25, -0.2) is 4.98 Å². The lowest BCUT2D eigenvalue weighted by atomic mass is 9.77. The fraction of sp³-hybridized carbons (Fsp3) is 0.393. The summed E-state index contributed by atoms with van der Waals surface area (Å²) in [7, 11) is 5.95. The van der Waals surface area contributed by atoms with E-state index in [2.05, 4.69) is 28.7 Å². The number of thiazole rings is 1. The first kappa shape index (κ1) is 23.7. The number of carbonyl (C=O) groups excluding carboxylic acids is 2. The molecule has 0 saturated heterocycles. The van der Waals surface area contributed by atoms with Gasteiger partial charge in [0.2, 0.25) is 0 Å². The van der Waals surface area contributed by atoms with Crippen molar-refractivity contribution in [1.29, 1.82) is 0 Å². The molecule has 2 aromatic heterocycles. The number of imidazole rings is 1. The summed E-state index contributed by atoms with van der Waals surface area (Å²) in [5.74, 6) is 0.121. The third kappa shape index (κ3) is 4.50. The zero-order chi connectivity index (χ0) is 24.6. The number of ketones is 1. The van der Waals surface area contributed by atoms with Crippen molar-refractivity contribution in [2.45, 2.75) is 50.5 Å². The molecule has 0 spiro atoms. The summed E-state index contributed by atoms with van der Waals surface area (Å²) in [6, 6.07) is 13.5. The van der Waals surface area contributed by atoms with Gasteiger partial charge < -0.3 is 10.2 Å². The molecule has 182 valence electrons. The van der Waals surface area contributed by atoms with Gasteiger partial charge in [-0.3, -0.25) is 14.0 Å². The number of hydrogen-bond donors (Lipinski definition) is 1. The van der Waals surface area contributed by atoms with Crippen LogP contribution in [0, 0.1) is 0 Å². The minimum absolute atomic E-state index is 0.102. The Bertz CT molecular complexity index is 1380. The molecule has 1 saturated carbocycles.